The number of hydrogen-bond acceptors (Lipinski definition) is 3. The van der Waals surface area contributed by atoms with Gasteiger partial charge < -0.3 is 15.0 Å². The molecule has 0 saturated heterocycles. The summed E-state index contributed by atoms with van der Waals surface area (Å²) in [6.07, 6.45) is 0.813. The lowest BCUT2D eigenvalue weighted by Crippen LogP contribution is -2.50. The largest absolute Gasteiger partial charge is 0.482 e. The van der Waals surface area contributed by atoms with Gasteiger partial charge in [-0.3, -0.25) is 9.59 Å². The van der Waals surface area contributed by atoms with Gasteiger partial charge in [-0.2, -0.15) is 0 Å². The van der Waals surface area contributed by atoms with Gasteiger partial charge in [-0.25, -0.2) is 0 Å². The van der Waals surface area contributed by atoms with Crippen LogP contribution in [0.1, 0.15) is 32.8 Å². The van der Waals surface area contributed by atoms with Crippen LogP contribution in [0.4, 0.5) is 0 Å². The quantitative estimate of drug-likeness (QED) is 0.559. The van der Waals surface area contributed by atoms with Gasteiger partial charge in [0, 0.05) is 17.1 Å². The Kier molecular flexibility index (Phi) is 8.99. The zero-order chi connectivity index (χ0) is 21.4. The van der Waals surface area contributed by atoms with E-state index in [4.69, 9.17) is 16.3 Å². The average Bonchev–Trinajstić information content (AvgIpc) is 2.70. The SMILES string of the molecule is CC[C@@H](C)NC(=O)[C@@H](C)N(Cc1cccc(Br)c1)C(=O)COc1ccccc1Cl. The summed E-state index contributed by atoms with van der Waals surface area (Å²) in [5, 5.41) is 3.37. The number of rotatable bonds is 9. The van der Waals surface area contributed by atoms with E-state index in [1.54, 1.807) is 31.2 Å². The van der Waals surface area contributed by atoms with Crippen molar-refractivity contribution in [2.75, 3.05) is 6.61 Å². The Morgan fingerprint density at radius 3 is 2.55 bits per heavy atom. The second-order valence-electron chi connectivity index (χ2n) is 6.86. The molecule has 2 aromatic rings. The highest BCUT2D eigenvalue weighted by Gasteiger charge is 2.27. The normalized spacial score (nSPS) is 12.7. The third kappa shape index (κ3) is 7.05. The number of ether oxygens (including phenoxy) is 1. The van der Waals surface area contributed by atoms with Crippen LogP contribution < -0.4 is 10.1 Å². The Morgan fingerprint density at radius 1 is 1.17 bits per heavy atom. The zero-order valence-electron chi connectivity index (χ0n) is 16.8. The monoisotopic (exact) mass is 480 g/mol. The van der Waals surface area contributed by atoms with Gasteiger partial charge in [0.05, 0.1) is 5.02 Å². The fourth-order valence-corrected chi connectivity index (χ4v) is 3.30. The minimum absolute atomic E-state index is 0.0344. The van der Waals surface area contributed by atoms with E-state index in [9.17, 15) is 9.59 Å². The van der Waals surface area contributed by atoms with E-state index in [0.29, 0.717) is 17.3 Å². The van der Waals surface area contributed by atoms with Gasteiger partial charge >= 0.3 is 0 Å². The van der Waals surface area contributed by atoms with Crippen LogP contribution in [0, 0.1) is 0 Å². The van der Waals surface area contributed by atoms with E-state index in [1.807, 2.05) is 38.1 Å². The molecule has 0 saturated carbocycles. The Hall–Kier alpha value is -2.05. The summed E-state index contributed by atoms with van der Waals surface area (Å²) in [5.41, 5.74) is 0.911. The number of nitrogens with one attached hydrogen (secondary N) is 1. The maximum absolute atomic E-state index is 13.0. The fraction of sp³-hybridized carbons (Fsp3) is 0.364. The van der Waals surface area contributed by atoms with E-state index in [1.165, 1.54) is 4.90 Å². The van der Waals surface area contributed by atoms with Crippen LogP contribution in [0.3, 0.4) is 0 Å². The lowest BCUT2D eigenvalue weighted by atomic mass is 10.1. The summed E-state index contributed by atoms with van der Waals surface area (Å²) in [4.78, 5) is 27.2. The maximum atomic E-state index is 13.0. The van der Waals surface area contributed by atoms with Gasteiger partial charge in [0.1, 0.15) is 11.8 Å². The Labute approximate surface area is 185 Å². The number of benzene rings is 2. The number of hydrogen-bond donors (Lipinski definition) is 1. The standard InChI is InChI=1S/C22H26BrClN2O3/c1-4-15(2)25-22(28)16(3)26(13-17-8-7-9-18(23)12-17)21(27)14-29-20-11-6-5-10-19(20)24/h5-12,15-16H,4,13-14H2,1-3H3,(H,25,28)/t15-,16-/m1/s1. The molecule has 0 heterocycles. The van der Waals surface area contributed by atoms with Crippen molar-refractivity contribution in [1.29, 1.82) is 0 Å². The number of para-hydroxylation sites is 1. The highest BCUT2D eigenvalue weighted by Crippen LogP contribution is 2.23. The van der Waals surface area contributed by atoms with Gasteiger partial charge in [-0.15, -0.1) is 0 Å². The van der Waals surface area contributed by atoms with Crippen LogP contribution in [-0.2, 0) is 16.1 Å². The molecular weight excluding hydrogens is 456 g/mol. The highest BCUT2D eigenvalue weighted by atomic mass is 79.9. The van der Waals surface area contributed by atoms with Crippen molar-refractivity contribution in [3.8, 4) is 5.75 Å². The molecule has 0 fully saturated rings. The lowest BCUT2D eigenvalue weighted by molar-refractivity contribution is -0.142. The fourth-order valence-electron chi connectivity index (χ4n) is 2.66. The van der Waals surface area contributed by atoms with Crippen LogP contribution in [0.15, 0.2) is 53.0 Å². The van der Waals surface area contributed by atoms with Crippen molar-refractivity contribution in [2.45, 2.75) is 45.8 Å². The summed E-state index contributed by atoms with van der Waals surface area (Å²) < 4.78 is 6.52. The third-order valence-electron chi connectivity index (χ3n) is 4.60. The minimum Gasteiger partial charge on any atom is -0.482 e. The van der Waals surface area contributed by atoms with E-state index >= 15 is 0 Å². The molecule has 2 rings (SSSR count). The van der Waals surface area contributed by atoms with Gasteiger partial charge in [-0.1, -0.05) is 58.7 Å². The highest BCUT2D eigenvalue weighted by molar-refractivity contribution is 9.10. The smallest absolute Gasteiger partial charge is 0.261 e. The maximum Gasteiger partial charge on any atom is 0.261 e. The summed E-state index contributed by atoms with van der Waals surface area (Å²) >= 11 is 9.55. The van der Waals surface area contributed by atoms with Crippen molar-refractivity contribution in [1.82, 2.24) is 10.2 Å². The van der Waals surface area contributed by atoms with Crippen LogP contribution in [-0.4, -0.2) is 35.4 Å². The first-order valence-corrected chi connectivity index (χ1v) is 10.7. The van der Waals surface area contributed by atoms with Crippen molar-refractivity contribution < 1.29 is 14.3 Å². The second kappa shape index (κ2) is 11.2. The second-order valence-corrected chi connectivity index (χ2v) is 8.19. The molecule has 0 aliphatic carbocycles. The van der Waals surface area contributed by atoms with Crippen LogP contribution in [0.2, 0.25) is 5.02 Å². The zero-order valence-corrected chi connectivity index (χ0v) is 19.2. The third-order valence-corrected chi connectivity index (χ3v) is 5.40. The first kappa shape index (κ1) is 23.2. The molecule has 1 N–H and O–H groups in total. The predicted molar refractivity (Wildman–Crippen MR) is 119 cm³/mol. The average molecular weight is 482 g/mol. The van der Waals surface area contributed by atoms with Gasteiger partial charge in [0.2, 0.25) is 5.91 Å². The molecule has 2 atom stereocenters. The van der Waals surface area contributed by atoms with Gasteiger partial charge in [-0.05, 0) is 50.1 Å². The van der Waals surface area contributed by atoms with E-state index in [0.717, 1.165) is 16.5 Å². The molecule has 156 valence electrons. The first-order valence-electron chi connectivity index (χ1n) is 9.53. The Bertz CT molecular complexity index is 846. The van der Waals surface area contributed by atoms with Crippen molar-refractivity contribution >= 4 is 39.3 Å². The number of halogens is 2. The topological polar surface area (TPSA) is 58.6 Å². The molecule has 0 aliphatic heterocycles. The molecule has 7 heteroatoms. The van der Waals surface area contributed by atoms with Gasteiger partial charge in [0.15, 0.2) is 6.61 Å². The molecule has 0 unspecified atom stereocenters. The summed E-state index contributed by atoms with van der Waals surface area (Å²) in [6.45, 7) is 5.74. The summed E-state index contributed by atoms with van der Waals surface area (Å²) in [5.74, 6) is -0.0567. The van der Waals surface area contributed by atoms with Gasteiger partial charge in [0.25, 0.3) is 5.91 Å². The first-order chi connectivity index (χ1) is 13.8. The van der Waals surface area contributed by atoms with E-state index in [2.05, 4.69) is 21.2 Å². The van der Waals surface area contributed by atoms with Crippen molar-refractivity contribution in [3.63, 3.8) is 0 Å². The Balaban J connectivity index is 2.17. The van der Waals surface area contributed by atoms with E-state index in [-0.39, 0.29) is 24.5 Å². The number of amides is 2. The van der Waals surface area contributed by atoms with Crippen LogP contribution >= 0.6 is 27.5 Å². The molecule has 2 amide bonds. The molecule has 2 aromatic carbocycles. The molecule has 0 aliphatic rings. The van der Waals surface area contributed by atoms with Crippen LogP contribution in [0.25, 0.3) is 0 Å². The minimum atomic E-state index is -0.648. The number of carbonyl (C=O) groups excluding carboxylic acids is 2. The number of carbonyl (C=O) groups is 2. The van der Waals surface area contributed by atoms with Crippen molar-refractivity contribution in [3.05, 3.63) is 63.6 Å². The van der Waals surface area contributed by atoms with E-state index < -0.39 is 6.04 Å². The number of nitrogens with zero attached hydrogens (tertiary/aromatic N) is 1. The molecule has 0 aromatic heterocycles. The molecule has 0 spiro atoms. The molecule has 5 nitrogen and oxygen atoms in total. The summed E-state index contributed by atoms with van der Waals surface area (Å²) in [6, 6.07) is 14.0. The molecule has 0 radical (unpaired) electrons. The predicted octanol–water partition coefficient (Wildman–Crippen LogP) is 4.81. The molecule has 29 heavy (non-hydrogen) atoms. The molecular formula is C22H26BrClN2O3. The van der Waals surface area contributed by atoms with Crippen molar-refractivity contribution in [2.24, 2.45) is 0 Å². The lowest BCUT2D eigenvalue weighted by Gasteiger charge is -2.29. The van der Waals surface area contributed by atoms with Crippen LogP contribution in [0.5, 0.6) is 5.75 Å². The Morgan fingerprint density at radius 2 is 1.90 bits per heavy atom. The summed E-state index contributed by atoms with van der Waals surface area (Å²) in [7, 11) is 0. The molecule has 0 bridgehead atoms.